The van der Waals surface area contributed by atoms with Crippen LogP contribution in [0.4, 0.5) is 5.82 Å². The first-order valence-electron chi connectivity index (χ1n) is 7.02. The van der Waals surface area contributed by atoms with E-state index in [-0.39, 0.29) is 5.91 Å². The summed E-state index contributed by atoms with van der Waals surface area (Å²) in [7, 11) is 1.53. The molecule has 0 fully saturated rings. The first-order valence-corrected chi connectivity index (χ1v) is 7.02. The number of amides is 1. The lowest BCUT2D eigenvalue weighted by Crippen LogP contribution is -2.24. The van der Waals surface area contributed by atoms with Crippen molar-refractivity contribution in [1.82, 2.24) is 9.78 Å². The first-order chi connectivity index (χ1) is 10.1. The maximum Gasteiger partial charge on any atom is 0.259 e. The SMILES string of the molecule is CO[C@H](C(=O)Nc1ccnn1CC(C)C)c1ccccc1. The molecule has 2 aromatic rings. The Kier molecular flexibility index (Phi) is 5.11. The molecule has 2 rings (SSSR count). The van der Waals surface area contributed by atoms with Gasteiger partial charge in [0, 0.05) is 19.7 Å². The van der Waals surface area contributed by atoms with Crippen LogP contribution in [0.15, 0.2) is 42.6 Å². The molecule has 112 valence electrons. The zero-order valence-corrected chi connectivity index (χ0v) is 12.6. The summed E-state index contributed by atoms with van der Waals surface area (Å²) in [4.78, 5) is 12.4. The molecule has 1 aromatic heterocycles. The fourth-order valence-electron chi connectivity index (χ4n) is 2.14. The predicted octanol–water partition coefficient (Wildman–Crippen LogP) is 2.87. The smallest absolute Gasteiger partial charge is 0.259 e. The van der Waals surface area contributed by atoms with Crippen molar-refractivity contribution in [2.75, 3.05) is 12.4 Å². The van der Waals surface area contributed by atoms with E-state index < -0.39 is 6.10 Å². The van der Waals surface area contributed by atoms with Crippen molar-refractivity contribution in [3.63, 3.8) is 0 Å². The summed E-state index contributed by atoms with van der Waals surface area (Å²) in [6, 6.07) is 11.2. The number of nitrogens with zero attached hydrogens (tertiary/aromatic N) is 2. The minimum Gasteiger partial charge on any atom is -0.367 e. The van der Waals surface area contributed by atoms with Crippen LogP contribution in [0.5, 0.6) is 0 Å². The monoisotopic (exact) mass is 287 g/mol. The Morgan fingerprint density at radius 2 is 2.00 bits per heavy atom. The van der Waals surface area contributed by atoms with Gasteiger partial charge in [-0.1, -0.05) is 44.2 Å². The van der Waals surface area contributed by atoms with Gasteiger partial charge in [0.1, 0.15) is 5.82 Å². The van der Waals surface area contributed by atoms with Crippen LogP contribution in [-0.2, 0) is 16.1 Å². The summed E-state index contributed by atoms with van der Waals surface area (Å²) < 4.78 is 7.12. The van der Waals surface area contributed by atoms with Crippen molar-refractivity contribution in [2.45, 2.75) is 26.5 Å². The van der Waals surface area contributed by atoms with Gasteiger partial charge in [0.25, 0.3) is 5.91 Å². The van der Waals surface area contributed by atoms with Crippen LogP contribution in [0.25, 0.3) is 0 Å². The van der Waals surface area contributed by atoms with E-state index in [0.717, 1.165) is 12.1 Å². The fourth-order valence-corrected chi connectivity index (χ4v) is 2.14. The second kappa shape index (κ2) is 7.04. The van der Waals surface area contributed by atoms with Crippen LogP contribution in [0, 0.1) is 5.92 Å². The molecule has 0 aliphatic rings. The Balaban J connectivity index is 2.12. The maximum atomic E-state index is 12.4. The van der Waals surface area contributed by atoms with Crippen molar-refractivity contribution < 1.29 is 9.53 Å². The number of rotatable bonds is 6. The van der Waals surface area contributed by atoms with E-state index >= 15 is 0 Å². The number of carbonyl (C=O) groups excluding carboxylic acids is 1. The third-order valence-corrected chi connectivity index (χ3v) is 3.08. The molecule has 5 nitrogen and oxygen atoms in total. The summed E-state index contributed by atoms with van der Waals surface area (Å²) >= 11 is 0. The van der Waals surface area contributed by atoms with E-state index in [2.05, 4.69) is 24.3 Å². The van der Waals surface area contributed by atoms with Gasteiger partial charge in [-0.05, 0) is 11.5 Å². The number of hydrogen-bond acceptors (Lipinski definition) is 3. The molecule has 1 N–H and O–H groups in total. The van der Waals surface area contributed by atoms with Gasteiger partial charge in [0.05, 0.1) is 6.20 Å². The molecular weight excluding hydrogens is 266 g/mol. The molecule has 0 spiro atoms. The van der Waals surface area contributed by atoms with Crippen molar-refractivity contribution in [2.24, 2.45) is 5.92 Å². The second-order valence-corrected chi connectivity index (χ2v) is 5.31. The van der Waals surface area contributed by atoms with Crippen LogP contribution in [-0.4, -0.2) is 22.8 Å². The van der Waals surface area contributed by atoms with Gasteiger partial charge in [-0.2, -0.15) is 5.10 Å². The molecule has 0 unspecified atom stereocenters. The summed E-state index contributed by atoms with van der Waals surface area (Å²) in [6.45, 7) is 4.97. The van der Waals surface area contributed by atoms with E-state index in [9.17, 15) is 4.79 Å². The van der Waals surface area contributed by atoms with Gasteiger partial charge in [0.15, 0.2) is 6.10 Å². The van der Waals surface area contributed by atoms with Gasteiger partial charge in [-0.25, -0.2) is 4.68 Å². The summed E-state index contributed by atoms with van der Waals surface area (Å²) in [5.41, 5.74) is 0.826. The minimum absolute atomic E-state index is 0.200. The highest BCUT2D eigenvalue weighted by Crippen LogP contribution is 2.19. The summed E-state index contributed by atoms with van der Waals surface area (Å²) in [6.07, 6.45) is 1.05. The van der Waals surface area contributed by atoms with Gasteiger partial charge < -0.3 is 10.1 Å². The lowest BCUT2D eigenvalue weighted by Gasteiger charge is -2.16. The molecule has 1 heterocycles. The molecule has 0 saturated carbocycles. The number of ether oxygens (including phenoxy) is 1. The molecule has 1 amide bonds. The standard InChI is InChI=1S/C16H21N3O2/c1-12(2)11-19-14(9-10-17-19)18-16(20)15(21-3)13-7-5-4-6-8-13/h4-10,12,15H,11H2,1-3H3,(H,18,20)/t15-/m0/s1. The molecule has 1 aromatic carbocycles. The average molecular weight is 287 g/mol. The zero-order valence-electron chi connectivity index (χ0n) is 12.6. The van der Waals surface area contributed by atoms with Gasteiger partial charge in [-0.15, -0.1) is 0 Å². The van der Waals surface area contributed by atoms with Crippen LogP contribution in [0.1, 0.15) is 25.5 Å². The number of methoxy groups -OCH3 is 1. The topological polar surface area (TPSA) is 56.1 Å². The molecule has 0 aliphatic heterocycles. The molecular formula is C16H21N3O2. The Morgan fingerprint density at radius 3 is 2.62 bits per heavy atom. The number of nitrogens with one attached hydrogen (secondary N) is 1. The Hall–Kier alpha value is -2.14. The number of hydrogen-bond donors (Lipinski definition) is 1. The lowest BCUT2D eigenvalue weighted by molar-refractivity contribution is -0.126. The number of anilines is 1. The van der Waals surface area contributed by atoms with Crippen molar-refractivity contribution in [3.8, 4) is 0 Å². The quantitative estimate of drug-likeness (QED) is 0.888. The van der Waals surface area contributed by atoms with Gasteiger partial charge in [0.2, 0.25) is 0 Å². The van der Waals surface area contributed by atoms with E-state index in [4.69, 9.17) is 4.74 Å². The van der Waals surface area contributed by atoms with Gasteiger partial charge >= 0.3 is 0 Å². The minimum atomic E-state index is -0.631. The molecule has 0 saturated heterocycles. The second-order valence-electron chi connectivity index (χ2n) is 5.31. The Morgan fingerprint density at radius 1 is 1.29 bits per heavy atom. The van der Waals surface area contributed by atoms with E-state index in [0.29, 0.717) is 11.7 Å². The average Bonchev–Trinajstić information content (AvgIpc) is 2.87. The summed E-state index contributed by atoms with van der Waals surface area (Å²) in [5, 5.41) is 7.11. The predicted molar refractivity (Wildman–Crippen MR) is 81.9 cm³/mol. The summed E-state index contributed by atoms with van der Waals surface area (Å²) in [5.74, 6) is 0.939. The molecule has 0 aliphatic carbocycles. The Bertz CT molecular complexity index is 578. The number of benzene rings is 1. The number of aromatic nitrogens is 2. The van der Waals surface area contributed by atoms with Crippen LogP contribution in [0.3, 0.4) is 0 Å². The molecule has 1 atom stereocenters. The Labute approximate surface area is 124 Å². The van der Waals surface area contributed by atoms with Crippen molar-refractivity contribution in [3.05, 3.63) is 48.2 Å². The lowest BCUT2D eigenvalue weighted by atomic mass is 10.1. The zero-order chi connectivity index (χ0) is 15.2. The number of carbonyl (C=O) groups is 1. The molecule has 5 heteroatoms. The van der Waals surface area contributed by atoms with Crippen molar-refractivity contribution >= 4 is 11.7 Å². The normalized spacial score (nSPS) is 12.4. The first kappa shape index (κ1) is 15.3. The van der Waals surface area contributed by atoms with Crippen LogP contribution >= 0.6 is 0 Å². The van der Waals surface area contributed by atoms with E-state index in [1.807, 2.05) is 30.3 Å². The largest absolute Gasteiger partial charge is 0.367 e. The maximum absolute atomic E-state index is 12.4. The van der Waals surface area contributed by atoms with Crippen molar-refractivity contribution in [1.29, 1.82) is 0 Å². The fraction of sp³-hybridized carbons (Fsp3) is 0.375. The van der Waals surface area contributed by atoms with E-state index in [1.54, 1.807) is 16.9 Å². The van der Waals surface area contributed by atoms with Crippen LogP contribution < -0.4 is 5.32 Å². The molecule has 0 bridgehead atoms. The van der Waals surface area contributed by atoms with E-state index in [1.165, 1.54) is 7.11 Å². The molecule has 0 radical (unpaired) electrons. The highest BCUT2D eigenvalue weighted by Gasteiger charge is 2.21. The highest BCUT2D eigenvalue weighted by molar-refractivity contribution is 5.94. The third kappa shape index (κ3) is 3.92. The highest BCUT2D eigenvalue weighted by atomic mass is 16.5. The molecule has 21 heavy (non-hydrogen) atoms. The van der Waals surface area contributed by atoms with Crippen LogP contribution in [0.2, 0.25) is 0 Å². The van der Waals surface area contributed by atoms with Gasteiger partial charge in [-0.3, -0.25) is 4.79 Å². The third-order valence-electron chi connectivity index (χ3n) is 3.08.